The van der Waals surface area contributed by atoms with Crippen molar-refractivity contribution in [1.29, 1.82) is 0 Å². The van der Waals surface area contributed by atoms with Crippen molar-refractivity contribution in [3.8, 4) is 11.5 Å². The molecule has 0 saturated heterocycles. The maximum atomic E-state index is 11.5. The molecule has 1 aromatic carbocycles. The Bertz CT molecular complexity index is 625. The van der Waals surface area contributed by atoms with Gasteiger partial charge in [-0.05, 0) is 32.0 Å². The molecule has 1 aromatic heterocycles. The Morgan fingerprint density at radius 3 is 2.67 bits per heavy atom. The molecule has 0 fully saturated rings. The molecule has 21 heavy (non-hydrogen) atoms. The van der Waals surface area contributed by atoms with Crippen LogP contribution < -0.4 is 20.7 Å². The van der Waals surface area contributed by atoms with E-state index in [0.717, 1.165) is 21.9 Å². The van der Waals surface area contributed by atoms with Gasteiger partial charge < -0.3 is 9.47 Å². The van der Waals surface area contributed by atoms with Gasteiger partial charge in [0.15, 0.2) is 0 Å². The number of carbonyl (C=O) groups is 1. The van der Waals surface area contributed by atoms with Gasteiger partial charge in [-0.25, -0.2) is 5.84 Å². The van der Waals surface area contributed by atoms with Crippen LogP contribution in [0.15, 0.2) is 30.3 Å². The van der Waals surface area contributed by atoms with Gasteiger partial charge in [-0.3, -0.25) is 10.2 Å². The second kappa shape index (κ2) is 7.10. The van der Waals surface area contributed by atoms with Crippen LogP contribution in [0.3, 0.4) is 0 Å². The Kier molecular flexibility index (Phi) is 5.19. The minimum Gasteiger partial charge on any atom is -0.494 e. The monoisotopic (exact) mass is 306 g/mol. The third-order valence-electron chi connectivity index (χ3n) is 2.89. The average molecular weight is 306 g/mol. The molecule has 112 valence electrons. The van der Waals surface area contributed by atoms with E-state index in [4.69, 9.17) is 15.3 Å². The summed E-state index contributed by atoms with van der Waals surface area (Å²) in [5.41, 5.74) is 3.10. The number of thiophene rings is 1. The first kappa shape index (κ1) is 15.3. The predicted octanol–water partition coefficient (Wildman–Crippen LogP) is 2.64. The van der Waals surface area contributed by atoms with Gasteiger partial charge in [-0.15, -0.1) is 11.3 Å². The van der Waals surface area contributed by atoms with Gasteiger partial charge in [0.05, 0.1) is 11.5 Å². The molecular weight excluding hydrogens is 288 g/mol. The van der Waals surface area contributed by atoms with E-state index in [1.165, 1.54) is 11.3 Å². The third kappa shape index (κ3) is 3.96. The molecule has 2 rings (SSSR count). The van der Waals surface area contributed by atoms with Crippen molar-refractivity contribution in [2.45, 2.75) is 20.5 Å². The summed E-state index contributed by atoms with van der Waals surface area (Å²) in [5, 5.41) is 0. The predicted molar refractivity (Wildman–Crippen MR) is 82.7 cm³/mol. The van der Waals surface area contributed by atoms with Crippen molar-refractivity contribution in [2.24, 2.45) is 5.84 Å². The summed E-state index contributed by atoms with van der Waals surface area (Å²) < 4.78 is 11.2. The summed E-state index contributed by atoms with van der Waals surface area (Å²) in [6, 6.07) is 9.29. The second-order valence-corrected chi connectivity index (χ2v) is 5.62. The summed E-state index contributed by atoms with van der Waals surface area (Å²) in [6.45, 7) is 4.90. The normalized spacial score (nSPS) is 10.2. The van der Waals surface area contributed by atoms with Crippen molar-refractivity contribution >= 4 is 17.2 Å². The lowest BCUT2D eigenvalue weighted by Crippen LogP contribution is -2.29. The summed E-state index contributed by atoms with van der Waals surface area (Å²) >= 11 is 1.40. The molecule has 1 heterocycles. The smallest absolute Gasteiger partial charge is 0.275 e. The highest BCUT2D eigenvalue weighted by Gasteiger charge is 2.11. The van der Waals surface area contributed by atoms with E-state index < -0.39 is 0 Å². The summed E-state index contributed by atoms with van der Waals surface area (Å²) in [6.07, 6.45) is 0. The number of nitrogen functional groups attached to an aromatic ring is 1. The first-order chi connectivity index (χ1) is 10.1. The van der Waals surface area contributed by atoms with E-state index in [1.54, 1.807) is 6.07 Å². The Morgan fingerprint density at radius 1 is 1.29 bits per heavy atom. The minimum absolute atomic E-state index is 0.285. The number of rotatable bonds is 6. The lowest BCUT2D eigenvalue weighted by molar-refractivity contribution is 0.0957. The van der Waals surface area contributed by atoms with Crippen molar-refractivity contribution in [2.75, 3.05) is 6.61 Å². The van der Waals surface area contributed by atoms with Crippen LogP contribution in [0.5, 0.6) is 11.5 Å². The summed E-state index contributed by atoms with van der Waals surface area (Å²) in [5.74, 6) is 6.36. The Morgan fingerprint density at radius 2 is 2.00 bits per heavy atom. The number of amides is 1. The van der Waals surface area contributed by atoms with Gasteiger partial charge in [0.2, 0.25) is 0 Å². The SMILES string of the molecule is CCOc1cccc(OCc2cc(C(=O)NN)sc2C)c1. The first-order valence-corrected chi connectivity index (χ1v) is 7.41. The number of ether oxygens (including phenoxy) is 2. The topological polar surface area (TPSA) is 73.6 Å². The Labute approximate surface area is 127 Å². The highest BCUT2D eigenvalue weighted by Crippen LogP contribution is 2.24. The first-order valence-electron chi connectivity index (χ1n) is 6.60. The third-order valence-corrected chi connectivity index (χ3v) is 3.98. The van der Waals surface area contributed by atoms with Crippen LogP contribution in [0.1, 0.15) is 27.0 Å². The molecule has 0 aliphatic carbocycles. The lowest BCUT2D eigenvalue weighted by atomic mass is 10.2. The summed E-state index contributed by atoms with van der Waals surface area (Å²) in [4.78, 5) is 13.1. The van der Waals surface area contributed by atoms with Crippen LogP contribution in [0.25, 0.3) is 0 Å². The fourth-order valence-electron chi connectivity index (χ4n) is 1.83. The van der Waals surface area contributed by atoms with Crippen molar-refractivity contribution < 1.29 is 14.3 Å². The average Bonchev–Trinajstić information content (AvgIpc) is 2.86. The highest BCUT2D eigenvalue weighted by molar-refractivity contribution is 7.14. The molecular formula is C15H18N2O3S. The van der Waals surface area contributed by atoms with Gasteiger partial charge >= 0.3 is 0 Å². The van der Waals surface area contributed by atoms with E-state index in [0.29, 0.717) is 18.1 Å². The quantitative estimate of drug-likeness (QED) is 0.489. The van der Waals surface area contributed by atoms with Gasteiger partial charge in [0.25, 0.3) is 5.91 Å². The molecule has 0 unspecified atom stereocenters. The molecule has 0 atom stereocenters. The zero-order valence-corrected chi connectivity index (χ0v) is 12.8. The molecule has 2 aromatic rings. The van der Waals surface area contributed by atoms with Gasteiger partial charge in [-0.2, -0.15) is 0 Å². The van der Waals surface area contributed by atoms with Crippen LogP contribution in [0.2, 0.25) is 0 Å². The molecule has 0 aliphatic heterocycles. The molecule has 0 saturated carbocycles. The van der Waals surface area contributed by atoms with Crippen LogP contribution >= 0.6 is 11.3 Å². The number of nitrogens with one attached hydrogen (secondary N) is 1. The number of nitrogens with two attached hydrogens (primary N) is 1. The number of hydrogen-bond acceptors (Lipinski definition) is 5. The molecule has 1 amide bonds. The molecule has 0 bridgehead atoms. The van der Waals surface area contributed by atoms with Crippen molar-refractivity contribution in [3.05, 3.63) is 45.6 Å². The van der Waals surface area contributed by atoms with Crippen LogP contribution in [0.4, 0.5) is 0 Å². The van der Waals surface area contributed by atoms with Crippen LogP contribution in [-0.2, 0) is 6.61 Å². The molecule has 6 heteroatoms. The number of benzene rings is 1. The van der Waals surface area contributed by atoms with E-state index in [1.807, 2.05) is 38.1 Å². The van der Waals surface area contributed by atoms with Crippen LogP contribution in [-0.4, -0.2) is 12.5 Å². The Balaban J connectivity index is 2.04. The van der Waals surface area contributed by atoms with E-state index >= 15 is 0 Å². The highest BCUT2D eigenvalue weighted by atomic mass is 32.1. The van der Waals surface area contributed by atoms with Gasteiger partial charge in [-0.1, -0.05) is 6.07 Å². The Hall–Kier alpha value is -2.05. The van der Waals surface area contributed by atoms with Gasteiger partial charge in [0.1, 0.15) is 18.1 Å². The zero-order valence-electron chi connectivity index (χ0n) is 12.0. The maximum Gasteiger partial charge on any atom is 0.275 e. The fraction of sp³-hybridized carbons (Fsp3) is 0.267. The lowest BCUT2D eigenvalue weighted by Gasteiger charge is -2.08. The minimum atomic E-state index is -0.285. The maximum absolute atomic E-state index is 11.5. The number of aryl methyl sites for hydroxylation is 1. The number of hydrazine groups is 1. The largest absolute Gasteiger partial charge is 0.494 e. The summed E-state index contributed by atoms with van der Waals surface area (Å²) in [7, 11) is 0. The van der Waals surface area contributed by atoms with E-state index in [9.17, 15) is 4.79 Å². The standard InChI is InChI=1S/C15H18N2O3S/c1-3-19-12-5-4-6-13(8-12)20-9-11-7-14(15(18)17-16)21-10(11)2/h4-8H,3,9,16H2,1-2H3,(H,17,18). The van der Waals surface area contributed by atoms with Crippen LogP contribution in [0, 0.1) is 6.92 Å². The molecule has 0 radical (unpaired) electrons. The fourth-order valence-corrected chi connectivity index (χ4v) is 2.76. The van der Waals surface area contributed by atoms with E-state index in [-0.39, 0.29) is 5.91 Å². The molecule has 0 spiro atoms. The zero-order chi connectivity index (χ0) is 15.2. The van der Waals surface area contributed by atoms with Crippen molar-refractivity contribution in [3.63, 3.8) is 0 Å². The number of hydrogen-bond donors (Lipinski definition) is 2. The molecule has 3 N–H and O–H groups in total. The van der Waals surface area contributed by atoms with E-state index in [2.05, 4.69) is 5.43 Å². The van der Waals surface area contributed by atoms with Crippen molar-refractivity contribution in [1.82, 2.24) is 5.43 Å². The second-order valence-electron chi connectivity index (χ2n) is 4.36. The number of carbonyl (C=O) groups excluding carboxylic acids is 1. The molecule has 0 aliphatic rings. The van der Waals surface area contributed by atoms with Gasteiger partial charge in [0, 0.05) is 16.5 Å². The molecule has 5 nitrogen and oxygen atoms in total.